The van der Waals surface area contributed by atoms with Gasteiger partial charge in [-0.15, -0.1) is 10.2 Å². The van der Waals surface area contributed by atoms with Gasteiger partial charge in [0, 0.05) is 12.0 Å². The van der Waals surface area contributed by atoms with E-state index in [1.807, 2.05) is 0 Å². The van der Waals surface area contributed by atoms with Gasteiger partial charge in [0.1, 0.15) is 6.29 Å². The van der Waals surface area contributed by atoms with Crippen molar-refractivity contribution in [3.8, 4) is 17.1 Å². The zero-order valence-corrected chi connectivity index (χ0v) is 20.6. The first-order valence-corrected chi connectivity index (χ1v) is 11.3. The molecule has 4 rings (SSSR count). The molecule has 0 unspecified atom stereocenters. The maximum atomic E-state index is 12.6. The molecule has 15 nitrogen and oxygen atoms in total. The first-order chi connectivity index (χ1) is 17.9. The maximum absolute atomic E-state index is 12.6. The SMILES string of the molecule is COc1c(Nc2cc(NC(=O)C3CC3)nnc2C(=O)NC(O)(O)O)cccc1-c1noc(C(C)(C)C=O)n1. The van der Waals surface area contributed by atoms with Crippen molar-refractivity contribution in [2.75, 3.05) is 17.7 Å². The third-order valence-electron chi connectivity index (χ3n) is 5.49. The minimum absolute atomic E-state index is 0.0261. The lowest BCUT2D eigenvalue weighted by atomic mass is 9.96. The predicted octanol–water partition coefficient (Wildman–Crippen LogP) is 0.422. The second-order valence-electron chi connectivity index (χ2n) is 9.12. The molecule has 2 heterocycles. The Labute approximate surface area is 215 Å². The lowest BCUT2D eigenvalue weighted by Gasteiger charge is -2.18. The fraction of sp³-hybridized carbons (Fsp3) is 0.348. The van der Waals surface area contributed by atoms with Gasteiger partial charge in [-0.05, 0) is 38.8 Å². The second-order valence-corrected chi connectivity index (χ2v) is 9.12. The normalized spacial score (nSPS) is 13.5. The summed E-state index contributed by atoms with van der Waals surface area (Å²) in [6.07, 6.45) is -1.33. The van der Waals surface area contributed by atoms with E-state index in [0.717, 1.165) is 12.8 Å². The number of para-hydroxylation sites is 1. The molecule has 6 N–H and O–H groups in total. The number of rotatable bonds is 10. The van der Waals surface area contributed by atoms with Crippen LogP contribution >= 0.6 is 0 Å². The number of carbonyl (C=O) groups excluding carboxylic acids is 3. The van der Waals surface area contributed by atoms with Crippen molar-refractivity contribution < 1.29 is 39.0 Å². The third-order valence-corrected chi connectivity index (χ3v) is 5.49. The Bertz CT molecular complexity index is 1380. The van der Waals surface area contributed by atoms with Crippen LogP contribution in [0.5, 0.6) is 5.75 Å². The molecule has 3 aromatic rings. The van der Waals surface area contributed by atoms with Crippen LogP contribution in [-0.4, -0.2) is 67.0 Å². The molecule has 1 aromatic carbocycles. The van der Waals surface area contributed by atoms with Gasteiger partial charge in [0.2, 0.25) is 17.6 Å². The predicted molar refractivity (Wildman–Crippen MR) is 129 cm³/mol. The topological polar surface area (TPSA) is 222 Å². The zero-order chi connectivity index (χ0) is 27.7. The number of aldehydes is 1. The largest absolute Gasteiger partial charge is 0.494 e. The number of benzene rings is 1. The minimum Gasteiger partial charge on any atom is -0.494 e. The number of carbonyl (C=O) groups is 3. The molecule has 1 fully saturated rings. The average molecular weight is 527 g/mol. The van der Waals surface area contributed by atoms with Gasteiger partial charge in [0.15, 0.2) is 17.3 Å². The van der Waals surface area contributed by atoms with Gasteiger partial charge in [0.05, 0.1) is 29.5 Å². The van der Waals surface area contributed by atoms with Crippen molar-refractivity contribution in [3.05, 3.63) is 35.9 Å². The van der Waals surface area contributed by atoms with Crippen LogP contribution in [0.2, 0.25) is 0 Å². The summed E-state index contributed by atoms with van der Waals surface area (Å²) in [5.41, 5.74) is -0.820. The number of hydrogen-bond acceptors (Lipinski definition) is 13. The Balaban J connectivity index is 1.72. The molecule has 2 aromatic heterocycles. The Kier molecular flexibility index (Phi) is 7.08. The second kappa shape index (κ2) is 10.1. The Hall–Kier alpha value is -4.47. The summed E-state index contributed by atoms with van der Waals surface area (Å²) in [5.74, 6) is -1.11. The van der Waals surface area contributed by atoms with Gasteiger partial charge in [-0.25, -0.2) is 0 Å². The number of anilines is 3. The average Bonchev–Trinajstić information content (AvgIpc) is 3.59. The molecule has 2 amide bonds. The van der Waals surface area contributed by atoms with Gasteiger partial charge < -0.3 is 40.0 Å². The maximum Gasteiger partial charge on any atom is 0.369 e. The fourth-order valence-corrected chi connectivity index (χ4v) is 3.32. The molecule has 0 aliphatic heterocycles. The van der Waals surface area contributed by atoms with Crippen LogP contribution in [0.25, 0.3) is 11.4 Å². The number of aromatic nitrogens is 4. The van der Waals surface area contributed by atoms with E-state index in [4.69, 9.17) is 9.26 Å². The van der Waals surface area contributed by atoms with Crippen LogP contribution in [0.4, 0.5) is 17.2 Å². The van der Waals surface area contributed by atoms with E-state index in [1.165, 1.54) is 13.2 Å². The standard InChI is InChI=1S/C23H25N7O8/c1-22(2,10-31)21-26-18(30-38-21)12-5-4-6-13(17(12)37-3)24-14-9-15(25-19(32)11-7-8-11)28-29-16(14)20(33)27-23(34,35)36/h4-6,9-11,34-36H,7-8H2,1-3H3,(H,27,33)(H2,24,25,28,32). The van der Waals surface area contributed by atoms with Gasteiger partial charge >= 0.3 is 6.10 Å². The monoisotopic (exact) mass is 527 g/mol. The molecule has 0 saturated heterocycles. The molecule has 0 spiro atoms. The summed E-state index contributed by atoms with van der Waals surface area (Å²) in [6, 6.07) is 6.17. The van der Waals surface area contributed by atoms with E-state index in [9.17, 15) is 29.7 Å². The third kappa shape index (κ3) is 5.91. The summed E-state index contributed by atoms with van der Waals surface area (Å²) < 4.78 is 10.8. The lowest BCUT2D eigenvalue weighted by Crippen LogP contribution is -2.48. The van der Waals surface area contributed by atoms with Crippen molar-refractivity contribution >= 4 is 35.3 Å². The van der Waals surface area contributed by atoms with Crippen LogP contribution in [0.1, 0.15) is 43.1 Å². The number of amides is 2. The number of aliphatic hydroxyl groups is 3. The Morgan fingerprint density at radius 1 is 1.16 bits per heavy atom. The fourth-order valence-electron chi connectivity index (χ4n) is 3.32. The van der Waals surface area contributed by atoms with Crippen LogP contribution in [0, 0.1) is 5.92 Å². The molecule has 1 saturated carbocycles. The highest BCUT2D eigenvalue weighted by atomic mass is 16.7. The number of ether oxygens (including phenoxy) is 1. The first-order valence-electron chi connectivity index (χ1n) is 11.3. The van der Waals surface area contributed by atoms with E-state index >= 15 is 0 Å². The summed E-state index contributed by atoms with van der Waals surface area (Å²) in [7, 11) is 1.39. The smallest absolute Gasteiger partial charge is 0.369 e. The quantitative estimate of drug-likeness (QED) is 0.156. The van der Waals surface area contributed by atoms with E-state index in [1.54, 1.807) is 37.4 Å². The van der Waals surface area contributed by atoms with Gasteiger partial charge in [-0.1, -0.05) is 11.2 Å². The molecule has 15 heteroatoms. The molecule has 0 bridgehead atoms. The molecule has 200 valence electrons. The van der Waals surface area contributed by atoms with Crippen molar-refractivity contribution in [1.82, 2.24) is 25.7 Å². The first kappa shape index (κ1) is 26.6. The number of hydrogen-bond donors (Lipinski definition) is 6. The molecule has 1 aliphatic rings. The van der Waals surface area contributed by atoms with Crippen LogP contribution < -0.4 is 20.7 Å². The van der Waals surface area contributed by atoms with Crippen LogP contribution in [0.3, 0.4) is 0 Å². The summed E-state index contributed by atoms with van der Waals surface area (Å²) >= 11 is 0. The van der Waals surface area contributed by atoms with Crippen molar-refractivity contribution in [3.63, 3.8) is 0 Å². The zero-order valence-electron chi connectivity index (χ0n) is 20.6. The van der Waals surface area contributed by atoms with E-state index in [-0.39, 0.29) is 46.5 Å². The van der Waals surface area contributed by atoms with Crippen molar-refractivity contribution in [1.29, 1.82) is 0 Å². The van der Waals surface area contributed by atoms with E-state index in [0.29, 0.717) is 11.8 Å². The van der Waals surface area contributed by atoms with E-state index in [2.05, 4.69) is 31.0 Å². The molecule has 38 heavy (non-hydrogen) atoms. The van der Waals surface area contributed by atoms with Gasteiger partial charge in [0.25, 0.3) is 5.91 Å². The molecule has 1 aliphatic carbocycles. The minimum atomic E-state index is -3.52. The van der Waals surface area contributed by atoms with Crippen LogP contribution in [0.15, 0.2) is 28.8 Å². The van der Waals surface area contributed by atoms with E-state index < -0.39 is 23.1 Å². The molecule has 0 radical (unpaired) electrons. The van der Waals surface area contributed by atoms with Crippen molar-refractivity contribution in [2.45, 2.75) is 38.2 Å². The van der Waals surface area contributed by atoms with Crippen LogP contribution in [-0.2, 0) is 15.0 Å². The molecular weight excluding hydrogens is 502 g/mol. The number of methoxy groups -OCH3 is 1. The molecule has 0 atom stereocenters. The summed E-state index contributed by atoms with van der Waals surface area (Å²) in [4.78, 5) is 40.5. The summed E-state index contributed by atoms with van der Waals surface area (Å²) in [5, 5.41) is 46.2. The highest BCUT2D eigenvalue weighted by Crippen LogP contribution is 2.38. The summed E-state index contributed by atoms with van der Waals surface area (Å²) in [6.45, 7) is 3.24. The van der Waals surface area contributed by atoms with Crippen molar-refractivity contribution in [2.24, 2.45) is 5.92 Å². The number of nitrogens with one attached hydrogen (secondary N) is 3. The highest BCUT2D eigenvalue weighted by Gasteiger charge is 2.31. The molecular formula is C23H25N7O8. The van der Waals surface area contributed by atoms with Gasteiger partial charge in [-0.3, -0.25) is 14.9 Å². The lowest BCUT2D eigenvalue weighted by molar-refractivity contribution is -0.323. The number of nitrogens with zero attached hydrogens (tertiary/aromatic N) is 4. The highest BCUT2D eigenvalue weighted by molar-refractivity contribution is 6.00. The Morgan fingerprint density at radius 2 is 1.89 bits per heavy atom. The Morgan fingerprint density at radius 3 is 2.53 bits per heavy atom. The van der Waals surface area contributed by atoms with Gasteiger partial charge in [-0.2, -0.15) is 4.98 Å².